The lowest BCUT2D eigenvalue weighted by Gasteiger charge is -2.33. The summed E-state index contributed by atoms with van der Waals surface area (Å²) < 4.78 is 1.76. The van der Waals surface area contributed by atoms with Gasteiger partial charge >= 0.3 is 5.56 Å². The van der Waals surface area contributed by atoms with Crippen molar-refractivity contribution < 1.29 is 9.90 Å². The van der Waals surface area contributed by atoms with Crippen LogP contribution in [0.2, 0.25) is 0 Å². The van der Waals surface area contributed by atoms with E-state index in [1.807, 2.05) is 7.05 Å². The van der Waals surface area contributed by atoms with E-state index in [9.17, 15) is 14.7 Å². The summed E-state index contributed by atoms with van der Waals surface area (Å²) in [7, 11) is 2.00. The molecule has 1 amide bonds. The van der Waals surface area contributed by atoms with E-state index < -0.39 is 11.3 Å². The fraction of sp³-hybridized carbons (Fsp3) is 0.476. The first-order valence-electron chi connectivity index (χ1n) is 9.98. The monoisotopic (exact) mass is 414 g/mol. The fourth-order valence-electron chi connectivity index (χ4n) is 4.09. The Labute approximate surface area is 174 Å². The highest BCUT2D eigenvalue weighted by Crippen LogP contribution is 2.31. The van der Waals surface area contributed by atoms with Gasteiger partial charge in [-0.05, 0) is 45.5 Å². The number of hydrogen-bond donors (Lipinski definition) is 1. The smallest absolute Gasteiger partial charge is 0.315 e. The lowest BCUT2D eigenvalue weighted by atomic mass is 10.1. The molecule has 1 fully saturated rings. The molecule has 3 heterocycles. The summed E-state index contributed by atoms with van der Waals surface area (Å²) in [5.74, 6) is 0.531. The quantitative estimate of drug-likeness (QED) is 0.757. The second-order valence-corrected chi connectivity index (χ2v) is 8.88. The molecule has 7 nitrogen and oxygen atoms in total. The van der Waals surface area contributed by atoms with Crippen LogP contribution in [-0.2, 0) is 6.54 Å². The Kier molecular flexibility index (Phi) is 5.65. The SMILES string of the molecule is Cc1ccc(SCCN2CCn3c(C4CCCN4C)nc(=O)c(O)c3C2=O)cc1. The van der Waals surface area contributed by atoms with Crippen LogP contribution < -0.4 is 5.56 Å². The van der Waals surface area contributed by atoms with Gasteiger partial charge in [-0.3, -0.25) is 14.5 Å². The molecule has 0 radical (unpaired) electrons. The third-order valence-electron chi connectivity index (χ3n) is 5.74. The highest BCUT2D eigenvalue weighted by atomic mass is 32.2. The molecule has 1 atom stereocenters. The van der Waals surface area contributed by atoms with Gasteiger partial charge in [0.15, 0.2) is 5.69 Å². The molecule has 8 heteroatoms. The molecule has 0 spiro atoms. The highest BCUT2D eigenvalue weighted by Gasteiger charge is 2.34. The van der Waals surface area contributed by atoms with Crippen LogP contribution in [0.15, 0.2) is 34.0 Å². The molecule has 0 aliphatic carbocycles. The maximum atomic E-state index is 13.1. The van der Waals surface area contributed by atoms with Crippen molar-refractivity contribution in [3.8, 4) is 5.75 Å². The Hall–Kier alpha value is -2.32. The molecule has 1 aromatic carbocycles. The molecule has 1 N–H and O–H groups in total. The van der Waals surface area contributed by atoms with Crippen molar-refractivity contribution in [1.29, 1.82) is 0 Å². The third kappa shape index (κ3) is 3.91. The summed E-state index contributed by atoms with van der Waals surface area (Å²) in [6.07, 6.45) is 1.93. The molecule has 4 rings (SSSR count). The molecular formula is C21H26N4O3S. The van der Waals surface area contributed by atoms with E-state index in [1.165, 1.54) is 5.56 Å². The van der Waals surface area contributed by atoms with Gasteiger partial charge in [0.25, 0.3) is 5.91 Å². The van der Waals surface area contributed by atoms with Crippen molar-refractivity contribution in [1.82, 2.24) is 19.4 Å². The van der Waals surface area contributed by atoms with Crippen molar-refractivity contribution in [2.24, 2.45) is 0 Å². The van der Waals surface area contributed by atoms with Crippen LogP contribution in [0, 0.1) is 6.92 Å². The zero-order valence-corrected chi connectivity index (χ0v) is 17.6. The number of carbonyl (C=O) groups excluding carboxylic acids is 1. The number of likely N-dealkylation sites (tertiary alicyclic amines) is 1. The van der Waals surface area contributed by atoms with Gasteiger partial charge in [0.1, 0.15) is 5.82 Å². The maximum absolute atomic E-state index is 13.1. The van der Waals surface area contributed by atoms with Crippen LogP contribution >= 0.6 is 11.8 Å². The van der Waals surface area contributed by atoms with Gasteiger partial charge in [-0.25, -0.2) is 0 Å². The number of amides is 1. The number of benzene rings is 1. The van der Waals surface area contributed by atoms with Crippen LogP contribution in [0.25, 0.3) is 0 Å². The van der Waals surface area contributed by atoms with Crippen molar-refractivity contribution in [3.63, 3.8) is 0 Å². The van der Waals surface area contributed by atoms with E-state index in [2.05, 4.69) is 41.1 Å². The molecule has 1 unspecified atom stereocenters. The molecule has 2 aliphatic heterocycles. The predicted octanol–water partition coefficient (Wildman–Crippen LogP) is 2.27. The molecule has 2 aromatic rings. The number of thioether (sulfide) groups is 1. The first-order chi connectivity index (χ1) is 14.0. The summed E-state index contributed by atoms with van der Waals surface area (Å²) in [5, 5.41) is 10.3. The van der Waals surface area contributed by atoms with Gasteiger partial charge in [0.2, 0.25) is 5.75 Å². The molecule has 0 bridgehead atoms. The molecule has 1 saturated heterocycles. The minimum Gasteiger partial charge on any atom is -0.501 e. The highest BCUT2D eigenvalue weighted by molar-refractivity contribution is 7.99. The summed E-state index contributed by atoms with van der Waals surface area (Å²) in [6, 6.07) is 8.31. The number of carbonyl (C=O) groups is 1. The lowest BCUT2D eigenvalue weighted by molar-refractivity contribution is 0.0702. The molecule has 0 saturated carbocycles. The second kappa shape index (κ2) is 8.20. The van der Waals surface area contributed by atoms with Gasteiger partial charge < -0.3 is 14.6 Å². The third-order valence-corrected chi connectivity index (χ3v) is 6.73. The predicted molar refractivity (Wildman–Crippen MR) is 113 cm³/mol. The van der Waals surface area contributed by atoms with Crippen LogP contribution in [0.4, 0.5) is 0 Å². The van der Waals surface area contributed by atoms with Crippen LogP contribution in [0.5, 0.6) is 5.75 Å². The maximum Gasteiger partial charge on any atom is 0.315 e. The van der Waals surface area contributed by atoms with Gasteiger partial charge in [-0.1, -0.05) is 17.7 Å². The Bertz CT molecular complexity index is 973. The Morgan fingerprint density at radius 1 is 1.17 bits per heavy atom. The Morgan fingerprint density at radius 3 is 2.62 bits per heavy atom. The Morgan fingerprint density at radius 2 is 1.93 bits per heavy atom. The number of aromatic hydroxyl groups is 1. The van der Waals surface area contributed by atoms with E-state index in [0.717, 1.165) is 30.0 Å². The van der Waals surface area contributed by atoms with E-state index in [-0.39, 0.29) is 17.6 Å². The van der Waals surface area contributed by atoms with Gasteiger partial charge in [0, 0.05) is 30.3 Å². The number of rotatable bonds is 5. The lowest BCUT2D eigenvalue weighted by Crippen LogP contribution is -2.44. The minimum atomic E-state index is -0.712. The summed E-state index contributed by atoms with van der Waals surface area (Å²) >= 11 is 1.69. The van der Waals surface area contributed by atoms with Crippen molar-refractivity contribution in [2.45, 2.75) is 37.2 Å². The van der Waals surface area contributed by atoms with Crippen molar-refractivity contribution in [3.05, 3.63) is 51.7 Å². The van der Waals surface area contributed by atoms with Crippen LogP contribution in [0.1, 0.15) is 40.8 Å². The van der Waals surface area contributed by atoms with E-state index in [0.29, 0.717) is 25.5 Å². The average Bonchev–Trinajstić information content (AvgIpc) is 3.13. The Balaban J connectivity index is 1.53. The topological polar surface area (TPSA) is 78.7 Å². The number of nitrogens with zero attached hydrogens (tertiary/aromatic N) is 4. The molecule has 2 aliphatic rings. The molecule has 29 heavy (non-hydrogen) atoms. The minimum absolute atomic E-state index is 0.0125. The van der Waals surface area contributed by atoms with Gasteiger partial charge in [-0.2, -0.15) is 4.98 Å². The van der Waals surface area contributed by atoms with E-state index >= 15 is 0 Å². The number of aromatic nitrogens is 2. The molecule has 1 aromatic heterocycles. The molecule has 154 valence electrons. The van der Waals surface area contributed by atoms with E-state index in [4.69, 9.17) is 0 Å². The number of hydrogen-bond acceptors (Lipinski definition) is 6. The first-order valence-corrected chi connectivity index (χ1v) is 11.0. The zero-order valence-electron chi connectivity index (χ0n) is 16.8. The van der Waals surface area contributed by atoms with Crippen molar-refractivity contribution in [2.75, 3.05) is 32.4 Å². The zero-order chi connectivity index (χ0) is 20.5. The summed E-state index contributed by atoms with van der Waals surface area (Å²) in [4.78, 5) is 34.5. The standard InChI is InChI=1S/C21H26N4O3S/c1-14-5-7-15(8-6-14)29-13-12-24-10-11-25-17(21(24)28)18(26)20(27)22-19(25)16-4-3-9-23(16)2/h5-8,16,26H,3-4,9-13H2,1-2H3. The van der Waals surface area contributed by atoms with Crippen LogP contribution in [0.3, 0.4) is 0 Å². The molecular weight excluding hydrogens is 388 g/mol. The normalized spacial score (nSPS) is 19.6. The largest absolute Gasteiger partial charge is 0.501 e. The first kappa shape index (κ1) is 20.0. The number of aryl methyl sites for hydroxylation is 1. The fourth-order valence-corrected chi connectivity index (χ4v) is 4.96. The average molecular weight is 415 g/mol. The van der Waals surface area contributed by atoms with Crippen molar-refractivity contribution >= 4 is 17.7 Å². The van der Waals surface area contributed by atoms with Gasteiger partial charge in [-0.15, -0.1) is 11.8 Å². The summed E-state index contributed by atoms with van der Waals surface area (Å²) in [6.45, 7) is 4.64. The second-order valence-electron chi connectivity index (χ2n) is 7.72. The van der Waals surface area contributed by atoms with Gasteiger partial charge in [0.05, 0.1) is 6.04 Å². The van der Waals surface area contributed by atoms with Crippen LogP contribution in [-0.4, -0.2) is 62.8 Å². The number of fused-ring (bicyclic) bond motifs is 1. The van der Waals surface area contributed by atoms with E-state index in [1.54, 1.807) is 21.2 Å². The summed E-state index contributed by atoms with van der Waals surface area (Å²) in [5.41, 5.74) is 0.595.